The van der Waals surface area contributed by atoms with Crippen LogP contribution in [0.1, 0.15) is 45.4 Å². The zero-order valence-electron chi connectivity index (χ0n) is 13.9. The van der Waals surface area contributed by atoms with Crippen LogP contribution in [-0.4, -0.2) is 35.1 Å². The van der Waals surface area contributed by atoms with Crippen LogP contribution in [0, 0.1) is 0 Å². The van der Waals surface area contributed by atoms with E-state index in [1.54, 1.807) is 18.2 Å². The lowest BCUT2D eigenvalue weighted by molar-refractivity contribution is 0.0954. The maximum atomic E-state index is 12.7. The van der Waals surface area contributed by atoms with Gasteiger partial charge in [0.05, 0.1) is 11.3 Å². The smallest absolute Gasteiger partial charge is 0.276 e. The fraction of sp³-hybridized carbons (Fsp3) is 0.353. The highest BCUT2D eigenvalue weighted by molar-refractivity contribution is 6.31. The number of halogens is 1. The molecule has 2 heterocycles. The minimum atomic E-state index is -0.368. The van der Waals surface area contributed by atoms with E-state index in [2.05, 4.69) is 26.1 Å². The van der Waals surface area contributed by atoms with E-state index in [4.69, 9.17) is 11.6 Å². The number of nitrogens with zero attached hydrogens (tertiary/aromatic N) is 1. The Morgan fingerprint density at radius 3 is 2.96 bits per heavy atom. The van der Waals surface area contributed by atoms with Crippen LogP contribution in [0.4, 0.5) is 5.69 Å². The monoisotopic (exact) mass is 361 g/mol. The molecule has 0 unspecified atom stereocenters. The summed E-state index contributed by atoms with van der Waals surface area (Å²) < 4.78 is 0. The van der Waals surface area contributed by atoms with Crippen molar-refractivity contribution in [1.29, 1.82) is 0 Å². The first kappa shape index (κ1) is 17.4. The fourth-order valence-electron chi connectivity index (χ4n) is 2.75. The van der Waals surface area contributed by atoms with Gasteiger partial charge in [-0.1, -0.05) is 18.5 Å². The highest BCUT2D eigenvalue weighted by atomic mass is 35.5. The average Bonchev–Trinajstić information content (AvgIpc) is 3.04. The lowest BCUT2D eigenvalue weighted by atomic mass is 10.1. The number of fused-ring (bicyclic) bond motifs is 1. The number of benzene rings is 1. The average molecular weight is 362 g/mol. The minimum Gasteiger partial charge on any atom is -0.352 e. The van der Waals surface area contributed by atoms with E-state index in [-0.39, 0.29) is 11.8 Å². The molecule has 25 heavy (non-hydrogen) atoms. The molecule has 4 N–H and O–H groups in total. The summed E-state index contributed by atoms with van der Waals surface area (Å²) in [5.41, 5.74) is 2.90. The van der Waals surface area contributed by atoms with Crippen molar-refractivity contribution in [2.75, 3.05) is 18.4 Å². The fourth-order valence-corrected chi connectivity index (χ4v) is 2.92. The minimum absolute atomic E-state index is 0.250. The van der Waals surface area contributed by atoms with Crippen LogP contribution in [0.15, 0.2) is 18.2 Å². The van der Waals surface area contributed by atoms with Crippen LogP contribution in [0.2, 0.25) is 5.02 Å². The highest BCUT2D eigenvalue weighted by Gasteiger charge is 2.23. The topological polar surface area (TPSA) is 98.9 Å². The number of aromatic amines is 1. The van der Waals surface area contributed by atoms with E-state index in [9.17, 15) is 9.59 Å². The van der Waals surface area contributed by atoms with Crippen molar-refractivity contribution in [2.45, 2.75) is 26.3 Å². The van der Waals surface area contributed by atoms with Gasteiger partial charge in [-0.3, -0.25) is 14.7 Å². The van der Waals surface area contributed by atoms with Gasteiger partial charge < -0.3 is 16.0 Å². The van der Waals surface area contributed by atoms with E-state index in [1.165, 1.54) is 0 Å². The van der Waals surface area contributed by atoms with Gasteiger partial charge in [-0.25, -0.2) is 0 Å². The van der Waals surface area contributed by atoms with Crippen molar-refractivity contribution in [3.63, 3.8) is 0 Å². The van der Waals surface area contributed by atoms with E-state index < -0.39 is 0 Å². The number of rotatable bonds is 5. The number of aromatic nitrogens is 2. The predicted octanol–water partition coefficient (Wildman–Crippen LogP) is 2.10. The van der Waals surface area contributed by atoms with Crippen molar-refractivity contribution in [3.05, 3.63) is 45.7 Å². The zero-order chi connectivity index (χ0) is 17.8. The largest absolute Gasteiger partial charge is 0.352 e. The van der Waals surface area contributed by atoms with Gasteiger partial charge in [0.2, 0.25) is 0 Å². The van der Waals surface area contributed by atoms with Gasteiger partial charge in [0.1, 0.15) is 0 Å². The van der Waals surface area contributed by atoms with E-state index in [0.717, 1.165) is 30.6 Å². The molecule has 2 amide bonds. The molecule has 132 valence electrons. The molecular weight excluding hydrogens is 342 g/mol. The molecule has 1 aromatic carbocycles. The summed E-state index contributed by atoms with van der Waals surface area (Å²) >= 11 is 6.03. The Morgan fingerprint density at radius 1 is 1.32 bits per heavy atom. The van der Waals surface area contributed by atoms with Crippen molar-refractivity contribution < 1.29 is 9.59 Å². The predicted molar refractivity (Wildman–Crippen MR) is 96.0 cm³/mol. The second-order valence-corrected chi connectivity index (χ2v) is 6.29. The molecule has 7 nitrogen and oxygen atoms in total. The van der Waals surface area contributed by atoms with Gasteiger partial charge in [-0.2, -0.15) is 5.10 Å². The summed E-state index contributed by atoms with van der Waals surface area (Å²) in [4.78, 5) is 25.0. The van der Waals surface area contributed by atoms with Gasteiger partial charge >= 0.3 is 0 Å². The van der Waals surface area contributed by atoms with Crippen LogP contribution < -0.4 is 16.0 Å². The number of hydrogen-bond acceptors (Lipinski definition) is 4. The molecule has 0 radical (unpaired) electrons. The first-order chi connectivity index (χ1) is 12.1. The molecule has 0 bridgehead atoms. The molecule has 0 saturated heterocycles. The Morgan fingerprint density at radius 2 is 2.16 bits per heavy atom. The van der Waals surface area contributed by atoms with Gasteiger partial charge in [-0.05, 0) is 24.6 Å². The molecule has 3 rings (SSSR count). The Bertz CT molecular complexity index is 802. The molecule has 0 saturated carbocycles. The number of carbonyl (C=O) groups is 2. The third kappa shape index (κ3) is 3.83. The van der Waals surface area contributed by atoms with Gasteiger partial charge in [0, 0.05) is 42.3 Å². The third-order valence-electron chi connectivity index (χ3n) is 4.03. The number of nitrogens with one attached hydrogen (secondary N) is 4. The molecule has 2 aromatic rings. The molecule has 1 aromatic heterocycles. The Balaban J connectivity index is 1.84. The molecule has 0 spiro atoms. The summed E-state index contributed by atoms with van der Waals surface area (Å²) in [6, 6.07) is 4.79. The maximum Gasteiger partial charge on any atom is 0.276 e. The van der Waals surface area contributed by atoms with Crippen LogP contribution in [0.3, 0.4) is 0 Å². The number of amides is 2. The van der Waals surface area contributed by atoms with Crippen LogP contribution in [-0.2, 0) is 13.0 Å². The van der Waals surface area contributed by atoms with Gasteiger partial charge in [-0.15, -0.1) is 0 Å². The van der Waals surface area contributed by atoms with Crippen LogP contribution in [0.5, 0.6) is 0 Å². The Hall–Kier alpha value is -2.38. The number of carbonyl (C=O) groups excluding carboxylic acids is 2. The van der Waals surface area contributed by atoms with Crippen molar-refractivity contribution in [1.82, 2.24) is 20.8 Å². The molecular formula is C17H20ClN5O2. The lowest BCUT2D eigenvalue weighted by Gasteiger charge is -2.14. The van der Waals surface area contributed by atoms with Gasteiger partial charge in [0.15, 0.2) is 5.69 Å². The SMILES string of the molecule is CCCNC(=O)c1ccc(Cl)cc1NC(=O)c1n[nH]c2c1CNCC2. The molecule has 0 atom stereocenters. The summed E-state index contributed by atoms with van der Waals surface area (Å²) in [7, 11) is 0. The van der Waals surface area contributed by atoms with Crippen LogP contribution in [0.25, 0.3) is 0 Å². The molecule has 1 aliphatic rings. The summed E-state index contributed by atoms with van der Waals surface area (Å²) in [5.74, 6) is -0.618. The first-order valence-corrected chi connectivity index (χ1v) is 8.64. The highest BCUT2D eigenvalue weighted by Crippen LogP contribution is 2.23. The van der Waals surface area contributed by atoms with E-state index >= 15 is 0 Å². The molecule has 1 aliphatic heterocycles. The third-order valence-corrected chi connectivity index (χ3v) is 4.27. The quantitative estimate of drug-likeness (QED) is 0.655. The number of anilines is 1. The van der Waals surface area contributed by atoms with Crippen molar-refractivity contribution in [3.8, 4) is 0 Å². The Labute approximate surface area is 150 Å². The summed E-state index contributed by atoms with van der Waals surface area (Å²) in [6.07, 6.45) is 1.63. The van der Waals surface area contributed by atoms with Crippen LogP contribution >= 0.6 is 11.6 Å². The molecule has 8 heteroatoms. The van der Waals surface area contributed by atoms with E-state index in [1.807, 2.05) is 6.92 Å². The Kier molecular flexibility index (Phi) is 5.35. The van der Waals surface area contributed by atoms with Crippen molar-refractivity contribution >= 4 is 29.1 Å². The number of H-pyrrole nitrogens is 1. The maximum absolute atomic E-state index is 12.7. The zero-order valence-corrected chi connectivity index (χ0v) is 14.7. The summed E-state index contributed by atoms with van der Waals surface area (Å²) in [6.45, 7) is 3.98. The first-order valence-electron chi connectivity index (χ1n) is 8.26. The van der Waals surface area contributed by atoms with Crippen molar-refractivity contribution in [2.24, 2.45) is 0 Å². The molecule has 0 fully saturated rings. The normalized spacial score (nSPS) is 13.2. The number of hydrogen-bond donors (Lipinski definition) is 4. The van der Waals surface area contributed by atoms with E-state index in [0.29, 0.717) is 35.1 Å². The summed E-state index contributed by atoms with van der Waals surface area (Å²) in [5, 5.41) is 16.3. The standard InChI is InChI=1S/C17H20ClN5O2/c1-2-6-20-16(24)11-4-3-10(18)8-14(11)21-17(25)15-12-9-19-7-5-13(12)22-23-15/h3-4,8,19H,2,5-7,9H2,1H3,(H,20,24)(H,21,25)(H,22,23). The van der Waals surface area contributed by atoms with Gasteiger partial charge in [0.25, 0.3) is 11.8 Å². The lowest BCUT2D eigenvalue weighted by Crippen LogP contribution is -2.27. The molecule has 0 aliphatic carbocycles. The second-order valence-electron chi connectivity index (χ2n) is 5.86. The second kappa shape index (κ2) is 7.67.